The number of rotatable bonds is 2. The first-order valence-electron chi connectivity index (χ1n) is 6.04. The summed E-state index contributed by atoms with van der Waals surface area (Å²) in [6.07, 6.45) is 7.37. The lowest BCUT2D eigenvalue weighted by Gasteiger charge is -2.31. The van der Waals surface area contributed by atoms with Gasteiger partial charge in [0.1, 0.15) is 0 Å². The van der Waals surface area contributed by atoms with Crippen molar-refractivity contribution in [3.05, 3.63) is 0 Å². The highest BCUT2D eigenvalue weighted by atomic mass is 32.2. The van der Waals surface area contributed by atoms with Crippen molar-refractivity contribution in [2.45, 2.75) is 45.1 Å². The summed E-state index contributed by atoms with van der Waals surface area (Å²) in [7, 11) is 0. The van der Waals surface area contributed by atoms with Crippen LogP contribution in [0, 0.1) is 11.8 Å². The molecule has 0 aliphatic carbocycles. The van der Waals surface area contributed by atoms with Crippen molar-refractivity contribution in [2.75, 3.05) is 18.1 Å². The Bertz CT molecular complexity index is 166. The van der Waals surface area contributed by atoms with Crippen LogP contribution in [0.25, 0.3) is 0 Å². The normalized spacial score (nSPS) is 35.8. The van der Waals surface area contributed by atoms with E-state index in [-0.39, 0.29) is 0 Å². The van der Waals surface area contributed by atoms with Crippen molar-refractivity contribution in [2.24, 2.45) is 11.8 Å². The molecule has 0 saturated carbocycles. The standard InChI is InChI=1S/C12H22OS/c1-10-2-5-13-12(8-10)9-11-3-6-14-7-4-11/h10-12H,2-9H2,1H3/t10-,12?/m0/s1. The van der Waals surface area contributed by atoms with E-state index in [2.05, 4.69) is 18.7 Å². The van der Waals surface area contributed by atoms with Gasteiger partial charge in [-0.1, -0.05) is 6.92 Å². The first-order chi connectivity index (χ1) is 6.84. The summed E-state index contributed by atoms with van der Waals surface area (Å²) in [5.74, 6) is 4.62. The second kappa shape index (κ2) is 5.41. The minimum absolute atomic E-state index is 0.590. The molecular formula is C12H22OS. The molecule has 0 aromatic rings. The average molecular weight is 214 g/mol. The minimum Gasteiger partial charge on any atom is -0.378 e. The second-order valence-electron chi connectivity index (χ2n) is 4.91. The largest absolute Gasteiger partial charge is 0.378 e. The van der Waals surface area contributed by atoms with Crippen molar-refractivity contribution < 1.29 is 4.74 Å². The van der Waals surface area contributed by atoms with Crippen molar-refractivity contribution >= 4 is 11.8 Å². The smallest absolute Gasteiger partial charge is 0.0580 e. The monoisotopic (exact) mass is 214 g/mol. The zero-order valence-electron chi connectivity index (χ0n) is 9.21. The zero-order valence-corrected chi connectivity index (χ0v) is 10.0. The Balaban J connectivity index is 1.72. The fraction of sp³-hybridized carbons (Fsp3) is 1.00. The van der Waals surface area contributed by atoms with E-state index in [0.717, 1.165) is 18.4 Å². The molecule has 0 aromatic heterocycles. The number of ether oxygens (including phenoxy) is 1. The van der Waals surface area contributed by atoms with Crippen molar-refractivity contribution in [3.8, 4) is 0 Å². The molecular weight excluding hydrogens is 192 g/mol. The van der Waals surface area contributed by atoms with E-state index in [1.54, 1.807) is 0 Å². The molecule has 2 fully saturated rings. The van der Waals surface area contributed by atoms with E-state index >= 15 is 0 Å². The predicted octanol–water partition coefficient (Wildman–Crippen LogP) is 3.33. The van der Waals surface area contributed by atoms with Crippen LogP contribution < -0.4 is 0 Å². The highest BCUT2D eigenvalue weighted by Crippen LogP contribution is 2.30. The molecule has 2 heterocycles. The summed E-state index contributed by atoms with van der Waals surface area (Å²) in [5, 5.41) is 0. The molecule has 14 heavy (non-hydrogen) atoms. The maximum atomic E-state index is 5.84. The van der Waals surface area contributed by atoms with Crippen molar-refractivity contribution in [1.82, 2.24) is 0 Å². The molecule has 0 spiro atoms. The average Bonchev–Trinajstić information content (AvgIpc) is 2.19. The third kappa shape index (κ3) is 3.16. The zero-order chi connectivity index (χ0) is 9.80. The molecule has 0 N–H and O–H groups in total. The van der Waals surface area contributed by atoms with Crippen LogP contribution >= 0.6 is 11.8 Å². The highest BCUT2D eigenvalue weighted by Gasteiger charge is 2.23. The molecule has 2 saturated heterocycles. The Morgan fingerprint density at radius 2 is 2.00 bits per heavy atom. The maximum absolute atomic E-state index is 5.84. The van der Waals surface area contributed by atoms with Gasteiger partial charge in [-0.15, -0.1) is 0 Å². The Morgan fingerprint density at radius 3 is 2.71 bits per heavy atom. The second-order valence-corrected chi connectivity index (χ2v) is 6.14. The van der Waals surface area contributed by atoms with E-state index in [0.29, 0.717) is 6.10 Å². The first-order valence-corrected chi connectivity index (χ1v) is 7.19. The Morgan fingerprint density at radius 1 is 1.21 bits per heavy atom. The summed E-state index contributed by atoms with van der Waals surface area (Å²) in [6.45, 7) is 3.37. The van der Waals surface area contributed by atoms with Crippen LogP contribution in [0.5, 0.6) is 0 Å². The Labute approximate surface area is 92.0 Å². The van der Waals surface area contributed by atoms with Crippen molar-refractivity contribution in [3.63, 3.8) is 0 Å². The summed E-state index contributed by atoms with van der Waals surface area (Å²) in [4.78, 5) is 0. The van der Waals surface area contributed by atoms with E-state index in [9.17, 15) is 0 Å². The van der Waals surface area contributed by atoms with Gasteiger partial charge in [-0.3, -0.25) is 0 Å². The molecule has 2 aliphatic heterocycles. The molecule has 2 aliphatic rings. The fourth-order valence-electron chi connectivity index (χ4n) is 2.59. The lowest BCUT2D eigenvalue weighted by Crippen LogP contribution is -2.27. The van der Waals surface area contributed by atoms with Crippen LogP contribution in [-0.2, 0) is 4.74 Å². The Kier molecular flexibility index (Phi) is 4.18. The molecule has 1 unspecified atom stereocenters. The minimum atomic E-state index is 0.590. The van der Waals surface area contributed by atoms with Gasteiger partial charge in [0.2, 0.25) is 0 Å². The lowest BCUT2D eigenvalue weighted by molar-refractivity contribution is -0.0185. The van der Waals surface area contributed by atoms with E-state index in [1.807, 2.05) is 0 Å². The van der Waals surface area contributed by atoms with Crippen LogP contribution in [-0.4, -0.2) is 24.2 Å². The fourth-order valence-corrected chi connectivity index (χ4v) is 3.79. The van der Waals surface area contributed by atoms with Gasteiger partial charge in [0.05, 0.1) is 6.10 Å². The van der Waals surface area contributed by atoms with E-state index < -0.39 is 0 Å². The third-order valence-electron chi connectivity index (χ3n) is 3.57. The molecule has 2 heteroatoms. The maximum Gasteiger partial charge on any atom is 0.0580 e. The molecule has 1 nitrogen and oxygen atoms in total. The summed E-state index contributed by atoms with van der Waals surface area (Å²) in [6, 6.07) is 0. The van der Waals surface area contributed by atoms with Gasteiger partial charge in [0.15, 0.2) is 0 Å². The molecule has 0 aromatic carbocycles. The molecule has 0 radical (unpaired) electrons. The molecule has 2 rings (SSSR count). The predicted molar refractivity (Wildman–Crippen MR) is 62.8 cm³/mol. The number of hydrogen-bond donors (Lipinski definition) is 0. The van der Waals surface area contributed by atoms with Gasteiger partial charge in [-0.25, -0.2) is 0 Å². The van der Waals surface area contributed by atoms with Gasteiger partial charge < -0.3 is 4.74 Å². The molecule has 2 atom stereocenters. The summed E-state index contributed by atoms with van der Waals surface area (Å²) < 4.78 is 5.84. The lowest BCUT2D eigenvalue weighted by atomic mass is 9.89. The molecule has 0 bridgehead atoms. The topological polar surface area (TPSA) is 9.23 Å². The SMILES string of the molecule is C[C@H]1CCOC(CC2CCSCC2)C1. The number of thioether (sulfide) groups is 1. The highest BCUT2D eigenvalue weighted by molar-refractivity contribution is 7.99. The number of hydrogen-bond acceptors (Lipinski definition) is 2. The van der Waals surface area contributed by atoms with Crippen LogP contribution in [0.2, 0.25) is 0 Å². The van der Waals surface area contributed by atoms with E-state index in [1.165, 1.54) is 43.6 Å². The van der Waals surface area contributed by atoms with Gasteiger partial charge in [0.25, 0.3) is 0 Å². The van der Waals surface area contributed by atoms with E-state index in [4.69, 9.17) is 4.74 Å². The van der Waals surface area contributed by atoms with Gasteiger partial charge in [-0.05, 0) is 55.4 Å². The molecule has 82 valence electrons. The Hall–Kier alpha value is 0.310. The van der Waals surface area contributed by atoms with Gasteiger partial charge in [-0.2, -0.15) is 11.8 Å². The van der Waals surface area contributed by atoms with Crippen LogP contribution in [0.4, 0.5) is 0 Å². The van der Waals surface area contributed by atoms with Crippen LogP contribution in [0.15, 0.2) is 0 Å². The van der Waals surface area contributed by atoms with Crippen LogP contribution in [0.3, 0.4) is 0 Å². The van der Waals surface area contributed by atoms with Gasteiger partial charge in [0, 0.05) is 6.61 Å². The molecule has 0 amide bonds. The van der Waals surface area contributed by atoms with Gasteiger partial charge >= 0.3 is 0 Å². The van der Waals surface area contributed by atoms with Crippen LogP contribution in [0.1, 0.15) is 39.0 Å². The first kappa shape index (κ1) is 10.8. The summed E-state index contributed by atoms with van der Waals surface area (Å²) in [5.41, 5.74) is 0. The summed E-state index contributed by atoms with van der Waals surface area (Å²) >= 11 is 2.12. The third-order valence-corrected chi connectivity index (χ3v) is 4.62. The van der Waals surface area contributed by atoms with Crippen molar-refractivity contribution in [1.29, 1.82) is 0 Å². The quantitative estimate of drug-likeness (QED) is 0.697.